The third kappa shape index (κ3) is 7.66. The summed E-state index contributed by atoms with van der Waals surface area (Å²) in [5.41, 5.74) is 3.08. The van der Waals surface area contributed by atoms with Gasteiger partial charge in [0.15, 0.2) is 0 Å². The van der Waals surface area contributed by atoms with Gasteiger partial charge in [0, 0.05) is 13.1 Å². The standard InChI is InChI=1S/C30H36FN3O4S/c1-5-19-32-30(36)28(6-2)33(20-24-11-7-22(3)8-12-24)29(35)21-34(26-15-9-23(4)10-16-26)39(37,38)27-17-13-25(31)14-18-27/h7-18,28H,5-6,19-21H2,1-4H3,(H,32,36). The zero-order chi connectivity index (χ0) is 28.6. The van der Waals surface area contributed by atoms with Crippen LogP contribution in [0.3, 0.4) is 0 Å². The van der Waals surface area contributed by atoms with Crippen molar-refractivity contribution in [3.05, 3.63) is 95.3 Å². The van der Waals surface area contributed by atoms with Crippen LogP contribution in [0.25, 0.3) is 0 Å². The van der Waals surface area contributed by atoms with E-state index in [1.807, 2.05) is 52.0 Å². The summed E-state index contributed by atoms with van der Waals surface area (Å²) in [5, 5.41) is 2.87. The van der Waals surface area contributed by atoms with Gasteiger partial charge in [0.25, 0.3) is 10.0 Å². The number of anilines is 1. The summed E-state index contributed by atoms with van der Waals surface area (Å²) < 4.78 is 42.1. The number of sulfonamides is 1. The van der Waals surface area contributed by atoms with Crippen molar-refractivity contribution in [2.45, 2.75) is 58.0 Å². The minimum Gasteiger partial charge on any atom is -0.354 e. The predicted molar refractivity (Wildman–Crippen MR) is 151 cm³/mol. The molecule has 2 amide bonds. The molecule has 0 saturated carbocycles. The van der Waals surface area contributed by atoms with Crippen LogP contribution >= 0.6 is 0 Å². The summed E-state index contributed by atoms with van der Waals surface area (Å²) in [6.07, 6.45) is 1.09. The second-order valence-electron chi connectivity index (χ2n) is 9.52. The topological polar surface area (TPSA) is 86.8 Å². The summed E-state index contributed by atoms with van der Waals surface area (Å²) in [6.45, 7) is 7.66. The zero-order valence-electron chi connectivity index (χ0n) is 22.9. The molecule has 0 bridgehead atoms. The van der Waals surface area contributed by atoms with E-state index in [0.29, 0.717) is 13.0 Å². The van der Waals surface area contributed by atoms with Gasteiger partial charge in [-0.2, -0.15) is 0 Å². The summed E-state index contributed by atoms with van der Waals surface area (Å²) in [4.78, 5) is 28.3. The number of hydrogen-bond donors (Lipinski definition) is 1. The molecule has 9 heteroatoms. The molecule has 0 fully saturated rings. The van der Waals surface area contributed by atoms with E-state index in [2.05, 4.69) is 5.32 Å². The first-order chi connectivity index (χ1) is 18.6. The molecule has 0 aliphatic heterocycles. The van der Waals surface area contributed by atoms with Gasteiger partial charge in [-0.15, -0.1) is 0 Å². The SMILES string of the molecule is CCCNC(=O)C(CC)N(Cc1ccc(C)cc1)C(=O)CN(c1ccc(C)cc1)S(=O)(=O)c1ccc(F)cc1. The van der Waals surface area contributed by atoms with Gasteiger partial charge in [0.05, 0.1) is 10.6 Å². The highest BCUT2D eigenvalue weighted by Crippen LogP contribution is 2.25. The molecule has 3 aromatic carbocycles. The van der Waals surface area contributed by atoms with Crippen molar-refractivity contribution in [3.8, 4) is 0 Å². The number of nitrogens with one attached hydrogen (secondary N) is 1. The van der Waals surface area contributed by atoms with Crippen LogP contribution in [-0.2, 0) is 26.2 Å². The van der Waals surface area contributed by atoms with Crippen LogP contribution in [-0.4, -0.2) is 44.3 Å². The maximum atomic E-state index is 14.0. The quantitative estimate of drug-likeness (QED) is 0.343. The molecule has 0 aliphatic carbocycles. The van der Waals surface area contributed by atoms with Crippen molar-refractivity contribution in [1.29, 1.82) is 0 Å². The van der Waals surface area contributed by atoms with Crippen LogP contribution in [0.2, 0.25) is 0 Å². The first-order valence-corrected chi connectivity index (χ1v) is 14.5. The Morgan fingerprint density at radius 3 is 1.97 bits per heavy atom. The van der Waals surface area contributed by atoms with Gasteiger partial charge in [-0.05, 0) is 68.7 Å². The number of carbonyl (C=O) groups excluding carboxylic acids is 2. The molecule has 1 unspecified atom stereocenters. The van der Waals surface area contributed by atoms with E-state index in [-0.39, 0.29) is 23.0 Å². The monoisotopic (exact) mass is 553 g/mol. The van der Waals surface area contributed by atoms with Crippen LogP contribution in [0.5, 0.6) is 0 Å². The molecule has 0 saturated heterocycles. The smallest absolute Gasteiger partial charge is 0.264 e. The molecule has 208 valence electrons. The minimum atomic E-state index is -4.24. The molecule has 0 aliphatic rings. The lowest BCUT2D eigenvalue weighted by molar-refractivity contribution is -0.140. The number of amides is 2. The molecular formula is C30H36FN3O4S. The van der Waals surface area contributed by atoms with Crippen molar-refractivity contribution >= 4 is 27.5 Å². The molecule has 0 spiro atoms. The summed E-state index contributed by atoms with van der Waals surface area (Å²) in [7, 11) is -4.24. The second-order valence-corrected chi connectivity index (χ2v) is 11.4. The van der Waals surface area contributed by atoms with Crippen molar-refractivity contribution < 1.29 is 22.4 Å². The van der Waals surface area contributed by atoms with Crippen molar-refractivity contribution in [2.24, 2.45) is 0 Å². The third-order valence-corrected chi connectivity index (χ3v) is 8.20. The summed E-state index contributed by atoms with van der Waals surface area (Å²) in [5.74, 6) is -1.39. The van der Waals surface area contributed by atoms with E-state index >= 15 is 0 Å². The number of rotatable bonds is 12. The Bertz CT molecular complexity index is 1360. The van der Waals surface area contributed by atoms with E-state index in [4.69, 9.17) is 0 Å². The molecule has 0 aromatic heterocycles. The van der Waals surface area contributed by atoms with Crippen molar-refractivity contribution in [2.75, 3.05) is 17.4 Å². The fourth-order valence-corrected chi connectivity index (χ4v) is 5.56. The van der Waals surface area contributed by atoms with Crippen molar-refractivity contribution in [1.82, 2.24) is 10.2 Å². The molecule has 3 aromatic rings. The summed E-state index contributed by atoms with van der Waals surface area (Å²) >= 11 is 0. The van der Waals surface area contributed by atoms with Crippen LogP contribution in [0.1, 0.15) is 43.4 Å². The Hall–Kier alpha value is -3.72. The molecule has 3 rings (SSSR count). The Balaban J connectivity index is 2.03. The minimum absolute atomic E-state index is 0.134. The number of halogens is 1. The van der Waals surface area contributed by atoms with Gasteiger partial charge in [0.1, 0.15) is 18.4 Å². The van der Waals surface area contributed by atoms with Crippen molar-refractivity contribution in [3.63, 3.8) is 0 Å². The normalized spacial score (nSPS) is 12.0. The number of nitrogens with zero attached hydrogens (tertiary/aromatic N) is 2. The van der Waals surface area contributed by atoms with E-state index in [1.54, 1.807) is 24.3 Å². The number of aryl methyl sites for hydroxylation is 2. The molecular weight excluding hydrogens is 517 g/mol. The zero-order valence-corrected chi connectivity index (χ0v) is 23.7. The highest BCUT2D eigenvalue weighted by molar-refractivity contribution is 7.92. The molecule has 39 heavy (non-hydrogen) atoms. The van der Waals surface area contributed by atoms with Crippen LogP contribution < -0.4 is 9.62 Å². The van der Waals surface area contributed by atoms with Gasteiger partial charge in [-0.3, -0.25) is 13.9 Å². The van der Waals surface area contributed by atoms with Gasteiger partial charge in [0.2, 0.25) is 11.8 Å². The van der Waals surface area contributed by atoms with E-state index in [9.17, 15) is 22.4 Å². The Labute approximate surface area is 230 Å². The Kier molecular flexibility index (Phi) is 10.2. The highest BCUT2D eigenvalue weighted by Gasteiger charge is 2.33. The first-order valence-electron chi connectivity index (χ1n) is 13.0. The average molecular weight is 554 g/mol. The number of benzene rings is 3. The lowest BCUT2D eigenvalue weighted by Crippen LogP contribution is -2.52. The van der Waals surface area contributed by atoms with Gasteiger partial charge < -0.3 is 10.2 Å². The molecule has 0 heterocycles. The Morgan fingerprint density at radius 2 is 1.44 bits per heavy atom. The molecule has 1 atom stereocenters. The fourth-order valence-electron chi connectivity index (χ4n) is 4.15. The number of carbonyl (C=O) groups is 2. The molecule has 0 radical (unpaired) electrons. The predicted octanol–water partition coefficient (Wildman–Crippen LogP) is 4.97. The first kappa shape index (κ1) is 29.8. The van der Waals surface area contributed by atoms with Gasteiger partial charge >= 0.3 is 0 Å². The number of hydrogen-bond acceptors (Lipinski definition) is 4. The average Bonchev–Trinajstić information content (AvgIpc) is 2.92. The molecule has 7 nitrogen and oxygen atoms in total. The second kappa shape index (κ2) is 13.4. The summed E-state index contributed by atoms with van der Waals surface area (Å²) in [6, 6.07) is 18.1. The third-order valence-electron chi connectivity index (χ3n) is 6.41. The largest absolute Gasteiger partial charge is 0.354 e. The maximum Gasteiger partial charge on any atom is 0.264 e. The van der Waals surface area contributed by atoms with Crippen LogP contribution in [0.15, 0.2) is 77.7 Å². The van der Waals surface area contributed by atoms with Gasteiger partial charge in [-0.1, -0.05) is 61.4 Å². The highest BCUT2D eigenvalue weighted by atomic mass is 32.2. The van der Waals surface area contributed by atoms with E-state index in [0.717, 1.165) is 39.5 Å². The van der Waals surface area contributed by atoms with E-state index in [1.165, 1.54) is 17.0 Å². The lowest BCUT2D eigenvalue weighted by atomic mass is 10.1. The van der Waals surface area contributed by atoms with Crippen LogP contribution in [0.4, 0.5) is 10.1 Å². The Morgan fingerprint density at radius 1 is 0.872 bits per heavy atom. The fraction of sp³-hybridized carbons (Fsp3) is 0.333. The maximum absolute atomic E-state index is 14.0. The lowest BCUT2D eigenvalue weighted by Gasteiger charge is -2.33. The van der Waals surface area contributed by atoms with Gasteiger partial charge in [-0.25, -0.2) is 12.8 Å². The van der Waals surface area contributed by atoms with E-state index < -0.39 is 34.3 Å². The van der Waals surface area contributed by atoms with Crippen LogP contribution in [0, 0.1) is 19.7 Å². The molecule has 1 N–H and O–H groups in total.